The highest BCUT2D eigenvalue weighted by atomic mass is 16.7. The van der Waals surface area contributed by atoms with E-state index in [1.54, 1.807) is 12.1 Å². The normalized spacial score (nSPS) is 14.0. The van der Waals surface area contributed by atoms with Crippen molar-refractivity contribution < 1.29 is 24.0 Å². The first-order valence-corrected chi connectivity index (χ1v) is 10.6. The van der Waals surface area contributed by atoms with Gasteiger partial charge in [-0.15, -0.1) is 0 Å². The summed E-state index contributed by atoms with van der Waals surface area (Å²) in [5.41, 5.74) is 4.31. The maximum atomic E-state index is 13.2. The summed E-state index contributed by atoms with van der Waals surface area (Å²) in [7, 11) is 0. The van der Waals surface area contributed by atoms with Gasteiger partial charge < -0.3 is 14.1 Å². The van der Waals surface area contributed by atoms with Crippen LogP contribution in [0.15, 0.2) is 59.8 Å². The van der Waals surface area contributed by atoms with E-state index in [-0.39, 0.29) is 11.7 Å². The number of aryl methyl sites for hydroxylation is 2. The summed E-state index contributed by atoms with van der Waals surface area (Å²) in [4.78, 5) is 41.6. The molecule has 0 fully saturated rings. The summed E-state index contributed by atoms with van der Waals surface area (Å²) < 4.78 is 7.66. The van der Waals surface area contributed by atoms with E-state index >= 15 is 0 Å². The Morgan fingerprint density at radius 1 is 1.03 bits per heavy atom. The highest BCUT2D eigenvalue weighted by Crippen LogP contribution is 2.37. The average molecular weight is 440 g/mol. The molecular weight excluding hydrogens is 420 g/mol. The number of oxime groups is 1. The molecule has 164 valence electrons. The Morgan fingerprint density at radius 2 is 1.79 bits per heavy atom. The third-order valence-electron chi connectivity index (χ3n) is 5.84. The molecule has 0 radical (unpaired) electrons. The number of hydrogen-bond donors (Lipinski definition) is 0. The Bertz CT molecular complexity index is 1530. The van der Waals surface area contributed by atoms with E-state index < -0.39 is 11.8 Å². The number of benzene rings is 3. The molecule has 0 atom stereocenters. The fraction of sp³-hybridized carbons (Fsp3) is 0.154. The van der Waals surface area contributed by atoms with Crippen molar-refractivity contribution in [2.24, 2.45) is 5.16 Å². The molecule has 0 saturated heterocycles. The van der Waals surface area contributed by atoms with Crippen molar-refractivity contribution in [3.8, 4) is 5.75 Å². The smallest absolute Gasteiger partial charge is 0.332 e. The molecule has 33 heavy (non-hydrogen) atoms. The standard InChI is InChI=1S/C26H20N2O5/c1-4-28-21-10-9-16(24(30)17-8-6-5-7-14(17)2)11-18(21)19-12-20-23(13-22(19)28)32-26(25(20)31)27-33-15(3)29/h5-13H,4H2,1-3H3. The third kappa shape index (κ3) is 3.29. The molecule has 0 aliphatic carbocycles. The molecule has 0 bridgehead atoms. The Kier molecular flexibility index (Phi) is 4.82. The molecule has 0 spiro atoms. The van der Waals surface area contributed by atoms with Crippen molar-refractivity contribution in [3.05, 3.63) is 76.9 Å². The van der Waals surface area contributed by atoms with Gasteiger partial charge in [0, 0.05) is 47.0 Å². The fourth-order valence-electron chi connectivity index (χ4n) is 4.28. The van der Waals surface area contributed by atoms with E-state index in [1.165, 1.54) is 6.92 Å². The van der Waals surface area contributed by atoms with Crippen molar-refractivity contribution in [3.63, 3.8) is 0 Å². The number of carbonyl (C=O) groups excluding carboxylic acids is 3. The van der Waals surface area contributed by atoms with E-state index in [0.29, 0.717) is 29.0 Å². The van der Waals surface area contributed by atoms with Crippen LogP contribution < -0.4 is 4.74 Å². The van der Waals surface area contributed by atoms with E-state index in [2.05, 4.69) is 14.6 Å². The molecule has 1 aromatic heterocycles. The number of Topliss-reactive ketones (excluding diaryl/α,β-unsaturated/α-hetero) is 1. The zero-order valence-electron chi connectivity index (χ0n) is 18.3. The maximum Gasteiger partial charge on any atom is 0.332 e. The van der Waals surface area contributed by atoms with Crippen LogP contribution in [-0.2, 0) is 16.2 Å². The van der Waals surface area contributed by atoms with Gasteiger partial charge in [-0.1, -0.05) is 24.3 Å². The zero-order chi connectivity index (χ0) is 23.3. The van der Waals surface area contributed by atoms with Gasteiger partial charge in [0.05, 0.1) is 11.1 Å². The van der Waals surface area contributed by atoms with Gasteiger partial charge in [0.1, 0.15) is 5.75 Å². The van der Waals surface area contributed by atoms with Gasteiger partial charge >= 0.3 is 11.9 Å². The first kappa shape index (κ1) is 20.6. The predicted octanol–water partition coefficient (Wildman–Crippen LogP) is 4.81. The molecule has 0 N–H and O–H groups in total. The number of fused-ring (bicyclic) bond motifs is 4. The van der Waals surface area contributed by atoms with Crippen molar-refractivity contribution in [2.75, 3.05) is 0 Å². The van der Waals surface area contributed by atoms with E-state index in [1.807, 2.05) is 56.3 Å². The van der Waals surface area contributed by atoms with E-state index in [4.69, 9.17) is 4.74 Å². The number of carbonyl (C=O) groups is 3. The predicted molar refractivity (Wildman–Crippen MR) is 124 cm³/mol. The van der Waals surface area contributed by atoms with Crippen molar-refractivity contribution >= 4 is 45.2 Å². The van der Waals surface area contributed by atoms with Gasteiger partial charge in [0.15, 0.2) is 5.78 Å². The van der Waals surface area contributed by atoms with E-state index in [9.17, 15) is 14.4 Å². The lowest BCUT2D eigenvalue weighted by Crippen LogP contribution is -2.13. The Balaban J connectivity index is 1.67. The van der Waals surface area contributed by atoms with Crippen LogP contribution in [0, 0.1) is 6.92 Å². The summed E-state index contributed by atoms with van der Waals surface area (Å²) in [5, 5.41) is 5.22. The summed E-state index contributed by atoms with van der Waals surface area (Å²) >= 11 is 0. The Hall–Kier alpha value is -4.26. The van der Waals surface area contributed by atoms with Crippen LogP contribution in [0.3, 0.4) is 0 Å². The number of ketones is 2. The lowest BCUT2D eigenvalue weighted by molar-refractivity contribution is -0.141. The molecule has 7 nitrogen and oxygen atoms in total. The molecule has 0 saturated carbocycles. The van der Waals surface area contributed by atoms with Gasteiger partial charge in [-0.05, 0) is 48.8 Å². The lowest BCUT2D eigenvalue weighted by atomic mass is 9.97. The minimum atomic E-state index is -0.644. The van der Waals surface area contributed by atoms with Crippen LogP contribution in [0.4, 0.5) is 0 Å². The van der Waals surface area contributed by atoms with Crippen molar-refractivity contribution in [1.29, 1.82) is 0 Å². The summed E-state index contributed by atoms with van der Waals surface area (Å²) in [5.74, 6) is -1.08. The maximum absolute atomic E-state index is 13.2. The Labute approximate surface area is 189 Å². The number of aromatic nitrogens is 1. The molecule has 0 amide bonds. The SMILES string of the molecule is CCn1c2ccc(C(=O)c3ccccc3C)cc2c2cc3c(cc21)OC(=NOC(C)=O)C3=O. The first-order chi connectivity index (χ1) is 15.9. The second kappa shape index (κ2) is 7.70. The minimum Gasteiger partial charge on any atom is -0.433 e. The molecule has 0 unspecified atom stereocenters. The molecule has 5 rings (SSSR count). The molecule has 1 aliphatic heterocycles. The van der Waals surface area contributed by atoms with Gasteiger partial charge in [-0.25, -0.2) is 4.79 Å². The van der Waals surface area contributed by atoms with Gasteiger partial charge in [-0.2, -0.15) is 0 Å². The highest BCUT2D eigenvalue weighted by Gasteiger charge is 2.32. The first-order valence-electron chi connectivity index (χ1n) is 10.6. The van der Waals surface area contributed by atoms with Gasteiger partial charge in [0.25, 0.3) is 5.78 Å². The molecule has 4 aromatic rings. The average Bonchev–Trinajstić information content (AvgIpc) is 3.29. The van der Waals surface area contributed by atoms with Crippen LogP contribution >= 0.6 is 0 Å². The number of hydrogen-bond acceptors (Lipinski definition) is 6. The van der Waals surface area contributed by atoms with Crippen molar-refractivity contribution in [1.82, 2.24) is 4.57 Å². The number of rotatable bonds is 4. The van der Waals surface area contributed by atoms with Gasteiger partial charge in [0.2, 0.25) is 0 Å². The van der Waals surface area contributed by atoms with Crippen LogP contribution in [0.1, 0.15) is 45.7 Å². The molecular formula is C26H20N2O5. The van der Waals surface area contributed by atoms with E-state index in [0.717, 1.165) is 27.4 Å². The number of nitrogens with zero attached hydrogens (tertiary/aromatic N) is 2. The number of ether oxygens (including phenoxy) is 1. The highest BCUT2D eigenvalue weighted by molar-refractivity contribution is 6.47. The lowest BCUT2D eigenvalue weighted by Gasteiger charge is -2.06. The quantitative estimate of drug-likeness (QED) is 0.258. The zero-order valence-corrected chi connectivity index (χ0v) is 18.3. The summed E-state index contributed by atoms with van der Waals surface area (Å²) in [6.45, 7) is 5.82. The molecule has 1 aliphatic rings. The van der Waals surface area contributed by atoms with Crippen LogP contribution in [0.5, 0.6) is 5.75 Å². The third-order valence-corrected chi connectivity index (χ3v) is 5.84. The summed E-state index contributed by atoms with van der Waals surface area (Å²) in [6, 6.07) is 16.7. The van der Waals surface area contributed by atoms with Crippen molar-refractivity contribution in [2.45, 2.75) is 27.3 Å². The summed E-state index contributed by atoms with van der Waals surface area (Å²) in [6.07, 6.45) is 0. The largest absolute Gasteiger partial charge is 0.433 e. The monoisotopic (exact) mass is 440 g/mol. The fourth-order valence-corrected chi connectivity index (χ4v) is 4.28. The second-order valence-electron chi connectivity index (χ2n) is 7.90. The minimum absolute atomic E-state index is 0.0521. The topological polar surface area (TPSA) is 87.0 Å². The molecule has 3 aromatic carbocycles. The van der Waals surface area contributed by atoms with Crippen LogP contribution in [0.25, 0.3) is 21.8 Å². The van der Waals surface area contributed by atoms with Gasteiger partial charge in [-0.3, -0.25) is 9.59 Å². The Morgan fingerprint density at radius 3 is 2.52 bits per heavy atom. The molecule has 7 heteroatoms. The van der Waals surface area contributed by atoms with Crippen LogP contribution in [-0.4, -0.2) is 28.0 Å². The van der Waals surface area contributed by atoms with Crippen LogP contribution in [0.2, 0.25) is 0 Å². The second-order valence-corrected chi connectivity index (χ2v) is 7.90. The molecule has 2 heterocycles.